The Morgan fingerprint density at radius 1 is 1.46 bits per heavy atom. The lowest BCUT2D eigenvalue weighted by Crippen LogP contribution is -2.10. The average Bonchev–Trinajstić information content (AvgIpc) is 2.18. The van der Waals surface area contributed by atoms with Crippen LogP contribution in [0, 0.1) is 0 Å². The van der Waals surface area contributed by atoms with Crippen molar-refractivity contribution < 1.29 is 4.84 Å². The molecule has 2 nitrogen and oxygen atoms in total. The Hall–Kier alpha value is -0.960. The van der Waals surface area contributed by atoms with Gasteiger partial charge in [0.15, 0.2) is 0 Å². The van der Waals surface area contributed by atoms with E-state index in [4.69, 9.17) is 4.84 Å². The summed E-state index contributed by atoms with van der Waals surface area (Å²) in [5.74, 6) is 1.03. The standard InChI is InChI=1S/C10H13NOS/c1-4-8-9(11-12-3)6-7-13-10(8)5-2/h4-5H,1-2,6-7H2,3H3. The zero-order valence-corrected chi connectivity index (χ0v) is 8.56. The first kappa shape index (κ1) is 10.1. The third-order valence-corrected chi connectivity index (χ3v) is 2.87. The molecular weight excluding hydrogens is 182 g/mol. The third kappa shape index (κ3) is 2.25. The zero-order valence-electron chi connectivity index (χ0n) is 7.75. The lowest BCUT2D eigenvalue weighted by Gasteiger charge is -2.16. The van der Waals surface area contributed by atoms with Crippen molar-refractivity contribution in [1.82, 2.24) is 0 Å². The summed E-state index contributed by atoms with van der Waals surface area (Å²) in [5.41, 5.74) is 2.01. The number of nitrogens with zero attached hydrogens (tertiary/aromatic N) is 1. The third-order valence-electron chi connectivity index (χ3n) is 1.76. The van der Waals surface area contributed by atoms with E-state index in [9.17, 15) is 0 Å². The Bertz CT molecular complexity index is 279. The van der Waals surface area contributed by atoms with Crippen molar-refractivity contribution >= 4 is 17.5 Å². The van der Waals surface area contributed by atoms with Gasteiger partial charge in [-0.2, -0.15) is 0 Å². The molecule has 1 rings (SSSR count). The van der Waals surface area contributed by atoms with Gasteiger partial charge >= 0.3 is 0 Å². The molecule has 0 atom stereocenters. The molecule has 0 aromatic carbocycles. The molecule has 0 N–H and O–H groups in total. The minimum atomic E-state index is 0.928. The van der Waals surface area contributed by atoms with E-state index >= 15 is 0 Å². The number of hydrogen-bond donors (Lipinski definition) is 0. The minimum Gasteiger partial charge on any atom is -0.399 e. The van der Waals surface area contributed by atoms with Gasteiger partial charge in [-0.05, 0) is 0 Å². The fourth-order valence-electron chi connectivity index (χ4n) is 1.20. The van der Waals surface area contributed by atoms with E-state index in [1.54, 1.807) is 24.9 Å². The molecule has 0 aliphatic carbocycles. The number of allylic oxidation sites excluding steroid dienone is 3. The molecule has 0 fully saturated rings. The minimum absolute atomic E-state index is 0.928. The van der Waals surface area contributed by atoms with E-state index in [1.807, 2.05) is 6.08 Å². The van der Waals surface area contributed by atoms with Crippen LogP contribution in [-0.4, -0.2) is 18.6 Å². The van der Waals surface area contributed by atoms with E-state index in [0.717, 1.165) is 28.4 Å². The summed E-state index contributed by atoms with van der Waals surface area (Å²) in [7, 11) is 1.56. The summed E-state index contributed by atoms with van der Waals surface area (Å²) in [6.07, 6.45) is 4.57. The van der Waals surface area contributed by atoms with Crippen LogP contribution >= 0.6 is 11.8 Å². The first-order valence-corrected chi connectivity index (χ1v) is 5.04. The normalized spacial score (nSPS) is 20.2. The Balaban J connectivity index is 3.05. The number of rotatable bonds is 3. The van der Waals surface area contributed by atoms with Crippen molar-refractivity contribution in [1.29, 1.82) is 0 Å². The van der Waals surface area contributed by atoms with E-state index in [-0.39, 0.29) is 0 Å². The van der Waals surface area contributed by atoms with Crippen molar-refractivity contribution in [3.05, 3.63) is 35.8 Å². The molecule has 0 amide bonds. The summed E-state index contributed by atoms with van der Waals surface area (Å²) < 4.78 is 0. The fourth-order valence-corrected chi connectivity index (χ4v) is 2.19. The van der Waals surface area contributed by atoms with Crippen LogP contribution in [0.15, 0.2) is 40.9 Å². The molecular formula is C10H13NOS. The van der Waals surface area contributed by atoms with Gasteiger partial charge in [0.05, 0.1) is 5.71 Å². The molecule has 13 heavy (non-hydrogen) atoms. The molecule has 0 radical (unpaired) electrons. The number of thioether (sulfide) groups is 1. The monoisotopic (exact) mass is 195 g/mol. The van der Waals surface area contributed by atoms with Crippen LogP contribution in [0.25, 0.3) is 0 Å². The molecule has 0 bridgehead atoms. The fraction of sp³-hybridized carbons (Fsp3) is 0.300. The molecule has 0 spiro atoms. The smallest absolute Gasteiger partial charge is 0.106 e. The second kappa shape index (κ2) is 4.92. The highest BCUT2D eigenvalue weighted by molar-refractivity contribution is 8.03. The predicted octanol–water partition coefficient (Wildman–Crippen LogP) is 2.75. The van der Waals surface area contributed by atoms with E-state index < -0.39 is 0 Å². The molecule has 0 saturated carbocycles. The highest BCUT2D eigenvalue weighted by Gasteiger charge is 2.15. The maximum Gasteiger partial charge on any atom is 0.106 e. The van der Waals surface area contributed by atoms with E-state index in [0.29, 0.717) is 0 Å². The van der Waals surface area contributed by atoms with Gasteiger partial charge in [-0.1, -0.05) is 30.5 Å². The van der Waals surface area contributed by atoms with Gasteiger partial charge in [-0.15, -0.1) is 11.8 Å². The Kier molecular flexibility index (Phi) is 3.83. The number of hydrogen-bond acceptors (Lipinski definition) is 3. The molecule has 1 aliphatic heterocycles. The lowest BCUT2D eigenvalue weighted by atomic mass is 10.1. The van der Waals surface area contributed by atoms with Crippen molar-refractivity contribution in [3.8, 4) is 0 Å². The van der Waals surface area contributed by atoms with Gasteiger partial charge in [0.2, 0.25) is 0 Å². The summed E-state index contributed by atoms with van der Waals surface area (Å²) in [5, 5.41) is 3.96. The van der Waals surface area contributed by atoms with Crippen LogP contribution in [0.4, 0.5) is 0 Å². The number of oxime groups is 1. The van der Waals surface area contributed by atoms with Gasteiger partial charge in [-0.3, -0.25) is 0 Å². The van der Waals surface area contributed by atoms with E-state index in [1.165, 1.54) is 0 Å². The van der Waals surface area contributed by atoms with Gasteiger partial charge in [0.25, 0.3) is 0 Å². The van der Waals surface area contributed by atoms with Crippen LogP contribution in [0.3, 0.4) is 0 Å². The molecule has 0 aromatic rings. The Morgan fingerprint density at radius 2 is 2.23 bits per heavy atom. The molecule has 0 saturated heterocycles. The second-order valence-electron chi connectivity index (χ2n) is 2.51. The molecule has 3 heteroatoms. The van der Waals surface area contributed by atoms with Gasteiger partial charge in [0, 0.05) is 22.7 Å². The molecule has 70 valence electrons. The SMILES string of the molecule is C=CC1=C(C=C)C(=NOC)CCS1. The van der Waals surface area contributed by atoms with Crippen LogP contribution in [0.2, 0.25) is 0 Å². The average molecular weight is 195 g/mol. The summed E-state index contributed by atoms with van der Waals surface area (Å²) in [6.45, 7) is 7.51. The quantitative estimate of drug-likeness (QED) is 0.646. The molecule has 0 aromatic heterocycles. The Morgan fingerprint density at radius 3 is 2.77 bits per heavy atom. The summed E-state index contributed by atoms with van der Waals surface area (Å²) >= 11 is 1.78. The summed E-state index contributed by atoms with van der Waals surface area (Å²) in [4.78, 5) is 5.90. The first-order chi connectivity index (χ1) is 6.33. The topological polar surface area (TPSA) is 21.6 Å². The molecule has 0 unspecified atom stereocenters. The van der Waals surface area contributed by atoms with E-state index in [2.05, 4.69) is 18.3 Å². The van der Waals surface area contributed by atoms with Gasteiger partial charge in [0.1, 0.15) is 7.11 Å². The predicted molar refractivity (Wildman–Crippen MR) is 58.9 cm³/mol. The van der Waals surface area contributed by atoms with Crippen molar-refractivity contribution in [3.63, 3.8) is 0 Å². The second-order valence-corrected chi connectivity index (χ2v) is 3.64. The summed E-state index contributed by atoms with van der Waals surface area (Å²) in [6, 6.07) is 0. The van der Waals surface area contributed by atoms with Crippen LogP contribution in [0.1, 0.15) is 6.42 Å². The van der Waals surface area contributed by atoms with Crippen molar-refractivity contribution in [2.45, 2.75) is 6.42 Å². The van der Waals surface area contributed by atoms with Crippen LogP contribution in [-0.2, 0) is 4.84 Å². The van der Waals surface area contributed by atoms with Crippen LogP contribution < -0.4 is 0 Å². The first-order valence-electron chi connectivity index (χ1n) is 4.05. The van der Waals surface area contributed by atoms with Crippen molar-refractivity contribution in [2.24, 2.45) is 5.16 Å². The highest BCUT2D eigenvalue weighted by atomic mass is 32.2. The Labute approximate surface area is 83.0 Å². The zero-order chi connectivity index (χ0) is 9.68. The van der Waals surface area contributed by atoms with Crippen molar-refractivity contribution in [2.75, 3.05) is 12.9 Å². The van der Waals surface area contributed by atoms with Crippen LogP contribution in [0.5, 0.6) is 0 Å². The maximum atomic E-state index is 4.77. The van der Waals surface area contributed by atoms with Gasteiger partial charge < -0.3 is 4.84 Å². The van der Waals surface area contributed by atoms with Gasteiger partial charge in [-0.25, -0.2) is 0 Å². The maximum absolute atomic E-state index is 4.77. The molecule has 1 aliphatic rings. The largest absolute Gasteiger partial charge is 0.399 e. The lowest BCUT2D eigenvalue weighted by molar-refractivity contribution is 0.213. The molecule has 1 heterocycles. The highest BCUT2D eigenvalue weighted by Crippen LogP contribution is 2.29.